The van der Waals surface area contributed by atoms with Crippen molar-refractivity contribution >= 4 is 5.97 Å². The van der Waals surface area contributed by atoms with Gasteiger partial charge in [-0.3, -0.25) is 4.79 Å². The van der Waals surface area contributed by atoms with Crippen molar-refractivity contribution in [2.45, 2.75) is 50.8 Å². The molecule has 16 heavy (non-hydrogen) atoms. The summed E-state index contributed by atoms with van der Waals surface area (Å²) in [6.45, 7) is 3.63. The number of ether oxygens (including phenoxy) is 3. The van der Waals surface area contributed by atoms with Crippen molar-refractivity contribution < 1.29 is 24.1 Å². The van der Waals surface area contributed by atoms with E-state index in [1.807, 2.05) is 13.8 Å². The lowest BCUT2D eigenvalue weighted by Crippen LogP contribution is -2.28. The summed E-state index contributed by atoms with van der Waals surface area (Å²) in [4.78, 5) is 11.2. The first-order valence-corrected chi connectivity index (χ1v) is 5.53. The molecule has 5 heteroatoms. The second-order valence-electron chi connectivity index (χ2n) is 4.91. The number of methoxy groups -OCH3 is 1. The number of fused-ring (bicyclic) bond motifs is 1. The average Bonchev–Trinajstić information content (AvgIpc) is 2.64. The van der Waals surface area contributed by atoms with Gasteiger partial charge in [-0.2, -0.15) is 0 Å². The zero-order valence-corrected chi connectivity index (χ0v) is 9.80. The zero-order chi connectivity index (χ0) is 11.9. The minimum atomic E-state index is -0.675. The highest BCUT2D eigenvalue weighted by molar-refractivity contribution is 5.69. The second-order valence-corrected chi connectivity index (χ2v) is 4.91. The van der Waals surface area contributed by atoms with Crippen LogP contribution in [0.5, 0.6) is 0 Å². The quantitative estimate of drug-likeness (QED) is 0.698. The Bertz CT molecular complexity index is 288. The topological polar surface area (TPSA) is 65.0 Å². The van der Waals surface area contributed by atoms with E-state index in [1.165, 1.54) is 7.11 Å². The highest BCUT2D eigenvalue weighted by Gasteiger charge is 2.53. The number of aliphatic hydroxyl groups excluding tert-OH is 1. The van der Waals surface area contributed by atoms with Crippen LogP contribution in [0.25, 0.3) is 0 Å². The van der Waals surface area contributed by atoms with Gasteiger partial charge >= 0.3 is 5.97 Å². The summed E-state index contributed by atoms with van der Waals surface area (Å²) in [5.74, 6) is -0.967. The maximum atomic E-state index is 11.2. The monoisotopic (exact) mass is 230 g/mol. The van der Waals surface area contributed by atoms with E-state index in [0.29, 0.717) is 6.42 Å². The number of carbonyl (C=O) groups excluding carboxylic acids is 1. The number of hydrogen-bond donors (Lipinski definition) is 1. The molecule has 2 fully saturated rings. The fourth-order valence-electron chi connectivity index (χ4n) is 2.55. The molecule has 2 rings (SSSR count). The first kappa shape index (κ1) is 11.8. The molecular weight excluding hydrogens is 212 g/mol. The van der Waals surface area contributed by atoms with E-state index in [1.54, 1.807) is 0 Å². The molecule has 0 aromatic rings. The van der Waals surface area contributed by atoms with Gasteiger partial charge in [0.05, 0.1) is 25.7 Å². The standard InChI is InChI=1S/C11H18O5/c1-11(2)15-9-6(5-8(13)14-3)4-7(12)10(9)16-11/h6-7,9-10,12H,4-5H2,1-3H3/t6-,7+,9+,10-/m1/s1. The summed E-state index contributed by atoms with van der Waals surface area (Å²) >= 11 is 0. The van der Waals surface area contributed by atoms with Gasteiger partial charge in [-0.15, -0.1) is 0 Å². The third-order valence-electron chi connectivity index (χ3n) is 3.21. The molecular formula is C11H18O5. The van der Waals surface area contributed by atoms with Crippen molar-refractivity contribution in [1.82, 2.24) is 0 Å². The predicted octanol–water partition coefficient (Wildman–Crippen LogP) is 0.450. The molecule has 1 N–H and O–H groups in total. The van der Waals surface area contributed by atoms with Crippen LogP contribution in [0.15, 0.2) is 0 Å². The van der Waals surface area contributed by atoms with E-state index in [4.69, 9.17) is 9.47 Å². The summed E-state index contributed by atoms with van der Waals surface area (Å²) in [7, 11) is 1.36. The summed E-state index contributed by atoms with van der Waals surface area (Å²) in [5.41, 5.74) is 0. The van der Waals surface area contributed by atoms with Crippen molar-refractivity contribution in [2.75, 3.05) is 7.11 Å². The van der Waals surface area contributed by atoms with Crippen molar-refractivity contribution in [2.24, 2.45) is 5.92 Å². The molecule has 1 aliphatic carbocycles. The molecule has 1 saturated carbocycles. The minimum Gasteiger partial charge on any atom is -0.469 e. The Morgan fingerprint density at radius 2 is 2.06 bits per heavy atom. The molecule has 0 unspecified atom stereocenters. The molecule has 4 atom stereocenters. The number of rotatable bonds is 2. The minimum absolute atomic E-state index is 0.0192. The molecule has 1 heterocycles. The van der Waals surface area contributed by atoms with Crippen LogP contribution in [0.3, 0.4) is 0 Å². The van der Waals surface area contributed by atoms with Gasteiger partial charge in [-0.1, -0.05) is 0 Å². The van der Waals surface area contributed by atoms with Crippen LogP contribution in [0, 0.1) is 5.92 Å². The number of carbonyl (C=O) groups is 1. The fourth-order valence-corrected chi connectivity index (χ4v) is 2.55. The van der Waals surface area contributed by atoms with Gasteiger partial charge in [0.25, 0.3) is 0 Å². The predicted molar refractivity (Wildman–Crippen MR) is 54.6 cm³/mol. The van der Waals surface area contributed by atoms with Gasteiger partial charge in [0, 0.05) is 5.92 Å². The Hall–Kier alpha value is -0.650. The van der Waals surface area contributed by atoms with Gasteiger partial charge in [-0.05, 0) is 20.3 Å². The van der Waals surface area contributed by atoms with E-state index in [2.05, 4.69) is 4.74 Å². The molecule has 1 saturated heterocycles. The number of aliphatic hydroxyl groups is 1. The molecule has 0 aromatic carbocycles. The Morgan fingerprint density at radius 3 is 2.69 bits per heavy atom. The smallest absolute Gasteiger partial charge is 0.305 e. The summed E-state index contributed by atoms with van der Waals surface area (Å²) in [5, 5.41) is 9.83. The van der Waals surface area contributed by atoms with Gasteiger partial charge in [0.15, 0.2) is 5.79 Å². The zero-order valence-electron chi connectivity index (χ0n) is 9.80. The largest absolute Gasteiger partial charge is 0.469 e. The van der Waals surface area contributed by atoms with E-state index in [-0.39, 0.29) is 30.5 Å². The summed E-state index contributed by atoms with van der Waals surface area (Å²) < 4.78 is 15.9. The van der Waals surface area contributed by atoms with E-state index in [9.17, 15) is 9.90 Å². The third kappa shape index (κ3) is 2.07. The molecule has 0 aromatic heterocycles. The lowest BCUT2D eigenvalue weighted by molar-refractivity contribution is -0.168. The first-order valence-electron chi connectivity index (χ1n) is 5.53. The molecule has 5 nitrogen and oxygen atoms in total. The summed E-state index contributed by atoms with van der Waals surface area (Å²) in [6, 6.07) is 0. The Kier molecular flexibility index (Phi) is 2.94. The first-order chi connectivity index (χ1) is 7.43. The van der Waals surface area contributed by atoms with Gasteiger partial charge in [-0.25, -0.2) is 0 Å². The molecule has 0 spiro atoms. The molecule has 0 bridgehead atoms. The third-order valence-corrected chi connectivity index (χ3v) is 3.21. The van der Waals surface area contributed by atoms with E-state index >= 15 is 0 Å². The fraction of sp³-hybridized carbons (Fsp3) is 0.909. The highest BCUT2D eigenvalue weighted by Crippen LogP contribution is 2.42. The van der Waals surface area contributed by atoms with Crippen LogP contribution in [0.2, 0.25) is 0 Å². The molecule has 92 valence electrons. The lowest BCUT2D eigenvalue weighted by Gasteiger charge is -2.21. The van der Waals surface area contributed by atoms with Crippen molar-refractivity contribution in [3.63, 3.8) is 0 Å². The summed E-state index contributed by atoms with van der Waals surface area (Å²) in [6.07, 6.45) is -0.274. The average molecular weight is 230 g/mol. The maximum absolute atomic E-state index is 11.2. The van der Waals surface area contributed by atoms with Gasteiger partial charge < -0.3 is 19.3 Å². The van der Waals surface area contributed by atoms with Crippen molar-refractivity contribution in [1.29, 1.82) is 0 Å². The van der Waals surface area contributed by atoms with Crippen LogP contribution >= 0.6 is 0 Å². The van der Waals surface area contributed by atoms with Gasteiger partial charge in [0.2, 0.25) is 0 Å². The number of hydrogen-bond acceptors (Lipinski definition) is 5. The van der Waals surface area contributed by atoms with E-state index in [0.717, 1.165) is 0 Å². The number of esters is 1. The Morgan fingerprint density at radius 1 is 1.44 bits per heavy atom. The van der Waals surface area contributed by atoms with E-state index < -0.39 is 11.9 Å². The molecule has 0 amide bonds. The highest BCUT2D eigenvalue weighted by atomic mass is 16.8. The maximum Gasteiger partial charge on any atom is 0.305 e. The normalized spacial score (nSPS) is 40.8. The Balaban J connectivity index is 2.04. The van der Waals surface area contributed by atoms with Crippen molar-refractivity contribution in [3.8, 4) is 0 Å². The van der Waals surface area contributed by atoms with Crippen LogP contribution in [-0.2, 0) is 19.0 Å². The SMILES string of the molecule is COC(=O)C[C@H]1C[C@H](O)[C@H]2OC(C)(C)O[C@@H]12. The van der Waals surface area contributed by atoms with Crippen molar-refractivity contribution in [3.05, 3.63) is 0 Å². The van der Waals surface area contributed by atoms with Crippen LogP contribution in [0.1, 0.15) is 26.7 Å². The lowest BCUT2D eigenvalue weighted by atomic mass is 10.0. The van der Waals surface area contributed by atoms with Gasteiger partial charge in [0.1, 0.15) is 6.10 Å². The Labute approximate surface area is 94.7 Å². The molecule has 0 radical (unpaired) electrons. The second kappa shape index (κ2) is 3.98. The molecule has 2 aliphatic rings. The van der Waals surface area contributed by atoms with Crippen LogP contribution in [0.4, 0.5) is 0 Å². The van der Waals surface area contributed by atoms with Crippen LogP contribution < -0.4 is 0 Å². The van der Waals surface area contributed by atoms with Crippen LogP contribution in [-0.4, -0.2) is 42.3 Å². The molecule has 1 aliphatic heterocycles.